The van der Waals surface area contributed by atoms with Crippen LogP contribution in [0.15, 0.2) is 47.6 Å². The highest BCUT2D eigenvalue weighted by Gasteiger charge is 2.48. The highest BCUT2D eigenvalue weighted by molar-refractivity contribution is 6.40. The van der Waals surface area contributed by atoms with Crippen LogP contribution in [-0.2, 0) is 4.79 Å². The van der Waals surface area contributed by atoms with E-state index in [4.69, 9.17) is 39.9 Å². The number of amides is 1. The number of halogens is 4. The largest absolute Gasteiger partial charge is 1.00 e. The Bertz CT molecular complexity index is 1100. The van der Waals surface area contributed by atoms with Crippen LogP contribution in [0, 0.1) is 17.8 Å². The van der Waals surface area contributed by atoms with Crippen LogP contribution in [0.3, 0.4) is 0 Å². The first-order valence-corrected chi connectivity index (χ1v) is 12.6. The van der Waals surface area contributed by atoms with E-state index in [0.717, 1.165) is 18.7 Å². The van der Waals surface area contributed by atoms with Crippen molar-refractivity contribution in [3.8, 4) is 0 Å². The number of rotatable bonds is 4. The molecule has 1 saturated heterocycles. The molecular weight excluding hydrogens is 606 g/mol. The highest BCUT2D eigenvalue weighted by atomic mass is 127. The van der Waals surface area contributed by atoms with Crippen molar-refractivity contribution in [3.05, 3.63) is 63.1 Å². The minimum absolute atomic E-state index is 0. The summed E-state index contributed by atoms with van der Waals surface area (Å²) in [5.41, 5.74) is 5.54. The fourth-order valence-corrected chi connectivity index (χ4v) is 6.56. The zero-order chi connectivity index (χ0) is 23.3. The first-order chi connectivity index (χ1) is 15.7. The van der Waals surface area contributed by atoms with Gasteiger partial charge in [0.25, 0.3) is 0 Å². The maximum Gasteiger partial charge on any atom is 0.312 e. The van der Waals surface area contributed by atoms with Crippen LogP contribution in [0.1, 0.15) is 37.8 Å². The molecule has 0 bridgehead atoms. The summed E-state index contributed by atoms with van der Waals surface area (Å²) in [6.45, 7) is 4.02. The van der Waals surface area contributed by atoms with Gasteiger partial charge in [0, 0.05) is 27.8 Å². The maximum absolute atomic E-state index is 13.5. The van der Waals surface area contributed by atoms with Gasteiger partial charge in [0.05, 0.1) is 23.8 Å². The van der Waals surface area contributed by atoms with Gasteiger partial charge in [-0.3, -0.25) is 9.80 Å². The third-order valence-corrected chi connectivity index (χ3v) is 8.24. The van der Waals surface area contributed by atoms with Crippen LogP contribution < -0.4 is 34.4 Å². The molecule has 34 heavy (non-hydrogen) atoms. The van der Waals surface area contributed by atoms with Gasteiger partial charge >= 0.3 is 5.91 Å². The van der Waals surface area contributed by atoms with Crippen molar-refractivity contribution in [2.45, 2.75) is 32.2 Å². The lowest BCUT2D eigenvalue weighted by Gasteiger charge is -2.30. The van der Waals surface area contributed by atoms with E-state index >= 15 is 0 Å². The molecule has 1 saturated carbocycles. The van der Waals surface area contributed by atoms with Crippen LogP contribution in [0.25, 0.3) is 0 Å². The molecule has 2 fully saturated rings. The first kappa shape index (κ1) is 26.0. The molecule has 0 radical (unpaired) electrons. The number of nitrogens with one attached hydrogen (secondary N) is 1. The number of hydrazone groups is 1. The van der Waals surface area contributed by atoms with E-state index in [-0.39, 0.29) is 41.8 Å². The van der Waals surface area contributed by atoms with E-state index in [1.165, 1.54) is 19.3 Å². The third kappa shape index (κ3) is 4.94. The van der Waals surface area contributed by atoms with Crippen LogP contribution >= 0.6 is 34.8 Å². The zero-order valence-corrected chi connectivity index (χ0v) is 23.6. The number of likely N-dealkylation sites (tertiary alicyclic amines) is 1. The van der Waals surface area contributed by atoms with Gasteiger partial charge in [0.15, 0.2) is 0 Å². The Morgan fingerprint density at radius 3 is 2.26 bits per heavy atom. The molecule has 2 aromatic rings. The average Bonchev–Trinajstić information content (AvgIpc) is 3.40. The van der Waals surface area contributed by atoms with Gasteiger partial charge in [-0.15, -0.1) is 0 Å². The fraction of sp³-hybridized carbons (Fsp3) is 0.440. The molecule has 2 aliphatic heterocycles. The fourth-order valence-electron chi connectivity index (χ4n) is 5.94. The predicted molar refractivity (Wildman–Crippen MR) is 135 cm³/mol. The molecule has 2 unspecified atom stereocenters. The number of carbonyl (C=O) groups is 1. The Balaban J connectivity index is 0.00000274. The molecule has 2 aromatic carbocycles. The van der Waals surface area contributed by atoms with Gasteiger partial charge in [-0.1, -0.05) is 60.3 Å². The van der Waals surface area contributed by atoms with Gasteiger partial charge in [-0.25, -0.2) is 4.59 Å². The molecule has 3 aliphatic rings. The minimum Gasteiger partial charge on any atom is -1.00 e. The van der Waals surface area contributed by atoms with Crippen molar-refractivity contribution >= 4 is 52.1 Å². The average molecular weight is 634 g/mol. The normalized spacial score (nSPS) is 27.2. The van der Waals surface area contributed by atoms with Crippen molar-refractivity contribution in [2.75, 3.05) is 25.1 Å². The van der Waals surface area contributed by atoms with Crippen molar-refractivity contribution < 1.29 is 33.4 Å². The summed E-state index contributed by atoms with van der Waals surface area (Å²) in [7, 11) is 2.13. The topological polar surface area (TPSA) is 44.7 Å². The maximum atomic E-state index is 13.5. The van der Waals surface area contributed by atoms with Crippen molar-refractivity contribution in [2.24, 2.45) is 22.9 Å². The lowest BCUT2D eigenvalue weighted by Crippen LogP contribution is -3.00. The molecule has 9 heteroatoms. The second kappa shape index (κ2) is 10.1. The minimum atomic E-state index is -0.190. The number of anilines is 1. The summed E-state index contributed by atoms with van der Waals surface area (Å²) in [6.07, 6.45) is 3.85. The second-order valence-electron chi connectivity index (χ2n) is 9.86. The standard InChI is InChI=1S/C25H27Cl3N4O.HI/c1-15-23(25(33)30-32(2)13-17-4-3-5-18(17)14-32)29-31(22-11-10-20(27)12-21(22)28)24(15)16-6-8-19(26)9-7-16;/h6-12,15,17-18,24H,3-5,13-14H2,1-2H3;1H/t15?,17-,18-,24?;/m1./s1. The van der Waals surface area contributed by atoms with E-state index in [0.29, 0.717) is 42.9 Å². The molecule has 4 atom stereocenters. The van der Waals surface area contributed by atoms with Gasteiger partial charge in [-0.05, 0) is 48.7 Å². The molecular formula is C25H28Cl3IN4O. The van der Waals surface area contributed by atoms with Gasteiger partial charge < -0.3 is 24.0 Å². The molecule has 5 nitrogen and oxygen atoms in total. The lowest BCUT2D eigenvalue weighted by molar-refractivity contribution is -0.934. The smallest absolute Gasteiger partial charge is 0.312 e. The molecule has 1 amide bonds. The number of hydrogen-bond acceptors (Lipinski definition) is 3. The number of carbonyl (C=O) groups excluding carboxylic acids is 1. The number of quaternary nitrogens is 1. The van der Waals surface area contributed by atoms with Crippen LogP contribution in [0.5, 0.6) is 0 Å². The Morgan fingerprint density at radius 1 is 1.03 bits per heavy atom. The van der Waals surface area contributed by atoms with E-state index in [9.17, 15) is 4.79 Å². The van der Waals surface area contributed by atoms with Crippen LogP contribution in [0.4, 0.5) is 5.69 Å². The quantitative estimate of drug-likeness (QED) is 0.416. The molecule has 1 aliphatic carbocycles. The van der Waals surface area contributed by atoms with Crippen LogP contribution in [0.2, 0.25) is 15.1 Å². The Morgan fingerprint density at radius 2 is 1.65 bits per heavy atom. The third-order valence-electron chi connectivity index (χ3n) is 7.45. The van der Waals surface area contributed by atoms with E-state index < -0.39 is 0 Å². The number of fused-ring (bicyclic) bond motifs is 1. The van der Waals surface area contributed by atoms with E-state index in [1.54, 1.807) is 12.1 Å². The predicted octanol–water partition coefficient (Wildman–Crippen LogP) is 3.11. The monoisotopic (exact) mass is 632 g/mol. The van der Waals surface area contributed by atoms with Gasteiger partial charge in [-0.2, -0.15) is 10.5 Å². The molecule has 2 heterocycles. The summed E-state index contributed by atoms with van der Waals surface area (Å²) < 4.78 is 0.577. The second-order valence-corrected chi connectivity index (χ2v) is 11.1. The van der Waals surface area contributed by atoms with Crippen molar-refractivity contribution in [1.82, 2.24) is 5.43 Å². The van der Waals surface area contributed by atoms with Crippen molar-refractivity contribution in [3.63, 3.8) is 0 Å². The van der Waals surface area contributed by atoms with Crippen molar-refractivity contribution in [1.29, 1.82) is 0 Å². The molecule has 0 aromatic heterocycles. The summed E-state index contributed by atoms with van der Waals surface area (Å²) in [4.78, 5) is 13.5. The Labute approximate surface area is 233 Å². The summed E-state index contributed by atoms with van der Waals surface area (Å²) in [5.74, 6) is 1.16. The highest BCUT2D eigenvalue weighted by Crippen LogP contribution is 2.43. The Kier molecular flexibility index (Phi) is 7.75. The molecule has 5 rings (SSSR count). The van der Waals surface area contributed by atoms with Crippen LogP contribution in [-0.4, -0.2) is 36.3 Å². The number of hydrogen-bond donors (Lipinski definition) is 1. The Hall–Kier alpha value is -1.06. The van der Waals surface area contributed by atoms with E-state index in [2.05, 4.69) is 12.5 Å². The van der Waals surface area contributed by atoms with Gasteiger partial charge in [0.2, 0.25) is 0 Å². The molecule has 182 valence electrons. The summed E-state index contributed by atoms with van der Waals surface area (Å²) in [6, 6.07) is 12.8. The molecule has 0 spiro atoms. The lowest BCUT2D eigenvalue weighted by atomic mass is 9.91. The van der Waals surface area contributed by atoms with Gasteiger partial charge in [0.1, 0.15) is 18.8 Å². The SMILES string of the molecule is CC1C(C(=O)N[N+]2(C)C[C@H]3CCC[C@@H]3C2)=NN(c2ccc(Cl)cc2Cl)C1c1ccc(Cl)cc1.[I-]. The number of nitrogens with zero attached hydrogens (tertiary/aromatic N) is 3. The zero-order valence-electron chi connectivity index (χ0n) is 19.1. The summed E-state index contributed by atoms with van der Waals surface area (Å²) >= 11 is 18.8. The molecule has 1 N–H and O–H groups in total. The first-order valence-electron chi connectivity index (χ1n) is 11.5. The number of benzene rings is 2. The summed E-state index contributed by atoms with van der Waals surface area (Å²) in [5, 5.41) is 8.38. The van der Waals surface area contributed by atoms with E-state index in [1.807, 2.05) is 42.3 Å².